The van der Waals surface area contributed by atoms with Gasteiger partial charge in [0.15, 0.2) is 0 Å². The molecule has 0 amide bonds. The number of fused-ring (bicyclic) bond motifs is 12. The molecule has 1 nitrogen and oxygen atoms in total. The van der Waals surface area contributed by atoms with Crippen LogP contribution in [0.1, 0.15) is 63.8 Å². The van der Waals surface area contributed by atoms with Gasteiger partial charge in [0, 0.05) is 22.5 Å². The van der Waals surface area contributed by atoms with Crippen molar-refractivity contribution in [3.63, 3.8) is 0 Å². The van der Waals surface area contributed by atoms with Gasteiger partial charge in [-0.1, -0.05) is 145 Å². The van der Waals surface area contributed by atoms with Gasteiger partial charge in [-0.2, -0.15) is 0 Å². The summed E-state index contributed by atoms with van der Waals surface area (Å²) in [4.78, 5) is 2.45. The summed E-state index contributed by atoms with van der Waals surface area (Å²) in [5, 5.41) is 7.92. The zero-order valence-electron chi connectivity index (χ0n) is 30.9. The third-order valence-corrected chi connectivity index (χ3v) is 13.2. The molecule has 0 N–H and O–H groups in total. The molecule has 0 saturated heterocycles. The molecular formula is C51H43N. The van der Waals surface area contributed by atoms with E-state index in [-0.39, 0.29) is 16.2 Å². The van der Waals surface area contributed by atoms with Crippen LogP contribution in [0.15, 0.2) is 152 Å². The molecule has 0 aliphatic heterocycles. The maximum absolute atomic E-state index is 2.53. The van der Waals surface area contributed by atoms with Gasteiger partial charge in [0.25, 0.3) is 0 Å². The third-order valence-electron chi connectivity index (χ3n) is 13.2. The van der Waals surface area contributed by atoms with Crippen LogP contribution in [0.25, 0.3) is 54.6 Å². The highest BCUT2D eigenvalue weighted by Gasteiger charge is 2.46. The molecule has 2 aliphatic carbocycles. The summed E-state index contributed by atoms with van der Waals surface area (Å²) >= 11 is 0. The fraction of sp³-hybridized carbons (Fsp3) is 0.176. The Hall–Kier alpha value is -5.66. The van der Waals surface area contributed by atoms with Gasteiger partial charge in [-0.3, -0.25) is 0 Å². The SMILES string of the molecule is CC1(C)c2ccccc2-c2ccc(N(c3ccccc3)c3ccc4c(c3)-c3cc5c6ccccc6c6ccccc6c5cc3C(C)(C)C4(C)C)cc21. The number of rotatable bonds is 3. The second-order valence-corrected chi connectivity index (χ2v) is 16.6. The first kappa shape index (κ1) is 31.1. The Kier molecular flexibility index (Phi) is 6.39. The lowest BCUT2D eigenvalue weighted by Crippen LogP contribution is -2.43. The van der Waals surface area contributed by atoms with Crippen molar-refractivity contribution in [2.75, 3.05) is 4.90 Å². The van der Waals surface area contributed by atoms with Crippen LogP contribution in [0.4, 0.5) is 17.1 Å². The highest BCUT2D eigenvalue weighted by atomic mass is 15.1. The fourth-order valence-corrected chi connectivity index (χ4v) is 9.66. The molecule has 0 saturated carbocycles. The predicted molar refractivity (Wildman–Crippen MR) is 223 cm³/mol. The minimum absolute atomic E-state index is 0.0807. The maximum Gasteiger partial charge on any atom is 0.0468 e. The van der Waals surface area contributed by atoms with E-state index in [0.717, 1.165) is 5.69 Å². The van der Waals surface area contributed by atoms with E-state index in [9.17, 15) is 0 Å². The van der Waals surface area contributed by atoms with Crippen LogP contribution in [0.3, 0.4) is 0 Å². The number of nitrogens with zero attached hydrogens (tertiary/aromatic N) is 1. The Morgan fingerprint density at radius 2 is 0.808 bits per heavy atom. The van der Waals surface area contributed by atoms with Crippen LogP contribution >= 0.6 is 0 Å². The van der Waals surface area contributed by atoms with Crippen molar-refractivity contribution >= 4 is 49.4 Å². The third kappa shape index (κ3) is 4.11. The summed E-state index contributed by atoms with van der Waals surface area (Å²) in [6.07, 6.45) is 0. The Labute approximate surface area is 307 Å². The van der Waals surface area contributed by atoms with Crippen molar-refractivity contribution in [2.24, 2.45) is 0 Å². The molecule has 0 radical (unpaired) electrons. The van der Waals surface area contributed by atoms with E-state index >= 15 is 0 Å². The summed E-state index contributed by atoms with van der Waals surface area (Å²) < 4.78 is 0. The van der Waals surface area contributed by atoms with Crippen molar-refractivity contribution in [1.29, 1.82) is 0 Å². The van der Waals surface area contributed by atoms with Crippen LogP contribution in [0.2, 0.25) is 0 Å². The molecule has 52 heavy (non-hydrogen) atoms. The van der Waals surface area contributed by atoms with E-state index in [2.05, 4.69) is 198 Å². The molecule has 8 aromatic rings. The number of benzene rings is 8. The molecule has 8 aromatic carbocycles. The average molecular weight is 670 g/mol. The lowest BCUT2D eigenvalue weighted by molar-refractivity contribution is 0.299. The number of anilines is 3. The van der Waals surface area contributed by atoms with E-state index in [0.29, 0.717) is 0 Å². The van der Waals surface area contributed by atoms with Crippen molar-refractivity contribution < 1.29 is 0 Å². The summed E-state index contributed by atoms with van der Waals surface area (Å²) in [5.41, 5.74) is 14.2. The minimum Gasteiger partial charge on any atom is -0.310 e. The zero-order chi connectivity index (χ0) is 35.6. The number of para-hydroxylation sites is 1. The van der Waals surface area contributed by atoms with Gasteiger partial charge in [0.1, 0.15) is 0 Å². The molecule has 0 spiro atoms. The van der Waals surface area contributed by atoms with E-state index in [1.165, 1.54) is 88.2 Å². The normalized spacial score (nSPS) is 16.0. The molecule has 0 atom stereocenters. The molecule has 252 valence electrons. The van der Waals surface area contributed by atoms with Gasteiger partial charge in [-0.05, 0) is 136 Å². The monoisotopic (exact) mass is 669 g/mol. The fourth-order valence-electron chi connectivity index (χ4n) is 9.66. The van der Waals surface area contributed by atoms with Gasteiger partial charge < -0.3 is 4.90 Å². The van der Waals surface area contributed by atoms with Crippen LogP contribution in [0, 0.1) is 0 Å². The predicted octanol–water partition coefficient (Wildman–Crippen LogP) is 14.2. The van der Waals surface area contributed by atoms with Gasteiger partial charge in [-0.25, -0.2) is 0 Å². The molecule has 0 unspecified atom stereocenters. The second-order valence-electron chi connectivity index (χ2n) is 16.6. The van der Waals surface area contributed by atoms with E-state index in [1.54, 1.807) is 0 Å². The topological polar surface area (TPSA) is 3.24 Å². The first-order valence-electron chi connectivity index (χ1n) is 18.7. The second kappa shape index (κ2) is 10.7. The summed E-state index contributed by atoms with van der Waals surface area (Å²) in [5.74, 6) is 0. The quantitative estimate of drug-likeness (QED) is 0.169. The van der Waals surface area contributed by atoms with Crippen LogP contribution in [0.5, 0.6) is 0 Å². The van der Waals surface area contributed by atoms with Crippen molar-refractivity contribution in [2.45, 2.75) is 57.8 Å². The maximum atomic E-state index is 2.53. The highest BCUT2D eigenvalue weighted by Crippen LogP contribution is 2.57. The Bertz CT molecular complexity index is 2760. The highest BCUT2D eigenvalue weighted by molar-refractivity contribution is 6.26. The standard InChI is InChI=1S/C51H43N/c1-49(2)45-23-15-14-22-39(45)40-26-24-34(29-47(40)49)52(32-16-8-7-9-17-32)33-25-27-46-43(28-33)44-30-41-37-20-12-10-18-35(37)36-19-11-13-21-38(36)42(41)31-48(44)51(5,6)50(46,3)4/h7-31H,1-6H3. The average Bonchev–Trinajstić information content (AvgIpc) is 3.40. The lowest BCUT2D eigenvalue weighted by Gasteiger charge is -2.48. The van der Waals surface area contributed by atoms with Gasteiger partial charge in [-0.15, -0.1) is 0 Å². The van der Waals surface area contributed by atoms with Crippen LogP contribution in [-0.2, 0) is 16.2 Å². The smallest absolute Gasteiger partial charge is 0.0468 e. The van der Waals surface area contributed by atoms with Gasteiger partial charge >= 0.3 is 0 Å². The van der Waals surface area contributed by atoms with Crippen molar-refractivity contribution in [3.05, 3.63) is 174 Å². The Balaban J connectivity index is 1.23. The molecule has 2 aliphatic rings. The Morgan fingerprint density at radius 3 is 1.50 bits per heavy atom. The van der Waals surface area contributed by atoms with Crippen molar-refractivity contribution in [1.82, 2.24) is 0 Å². The zero-order valence-corrected chi connectivity index (χ0v) is 30.9. The van der Waals surface area contributed by atoms with Gasteiger partial charge in [0.05, 0.1) is 0 Å². The summed E-state index contributed by atoms with van der Waals surface area (Å²) in [6, 6.07) is 57.0. The van der Waals surface area contributed by atoms with Crippen LogP contribution in [-0.4, -0.2) is 0 Å². The molecular weight excluding hydrogens is 627 g/mol. The van der Waals surface area contributed by atoms with E-state index in [1.807, 2.05) is 0 Å². The molecule has 0 aromatic heterocycles. The van der Waals surface area contributed by atoms with E-state index < -0.39 is 0 Å². The summed E-state index contributed by atoms with van der Waals surface area (Å²) in [7, 11) is 0. The molecule has 0 fully saturated rings. The Morgan fingerprint density at radius 1 is 0.308 bits per heavy atom. The minimum atomic E-state index is -0.102. The number of hydrogen-bond acceptors (Lipinski definition) is 1. The van der Waals surface area contributed by atoms with E-state index in [4.69, 9.17) is 0 Å². The first-order valence-corrected chi connectivity index (χ1v) is 18.7. The molecule has 10 rings (SSSR count). The lowest BCUT2D eigenvalue weighted by atomic mass is 9.55. The molecule has 1 heteroatoms. The first-order chi connectivity index (χ1) is 25.1. The van der Waals surface area contributed by atoms with Crippen molar-refractivity contribution in [3.8, 4) is 22.3 Å². The molecule has 0 bridgehead atoms. The number of hydrogen-bond donors (Lipinski definition) is 0. The largest absolute Gasteiger partial charge is 0.310 e. The van der Waals surface area contributed by atoms with Crippen LogP contribution < -0.4 is 4.90 Å². The van der Waals surface area contributed by atoms with Gasteiger partial charge in [0.2, 0.25) is 0 Å². The summed E-state index contributed by atoms with van der Waals surface area (Å²) in [6.45, 7) is 14.5. The molecule has 0 heterocycles.